The van der Waals surface area contributed by atoms with Crippen molar-refractivity contribution < 1.29 is 9.53 Å². The number of anilines is 1. The van der Waals surface area contributed by atoms with E-state index >= 15 is 0 Å². The molecule has 7 nitrogen and oxygen atoms in total. The lowest BCUT2D eigenvalue weighted by atomic mass is 10.2. The van der Waals surface area contributed by atoms with Crippen molar-refractivity contribution in [2.24, 2.45) is 0 Å². The standard InChI is InChI=1S/C12H13N5O2S/c1-17(11(18)9-3-2-6-19-9)12-16-15-10(20-12)8-7-13-4-5-14-8/h4-5,7,9H,2-3,6H2,1H3/t9-/m0/s1. The molecule has 0 unspecified atom stereocenters. The molecule has 1 saturated heterocycles. The first-order chi connectivity index (χ1) is 9.75. The minimum atomic E-state index is -0.358. The number of carbonyl (C=O) groups excluding carboxylic acids is 1. The Labute approximate surface area is 119 Å². The van der Waals surface area contributed by atoms with Gasteiger partial charge in [-0.2, -0.15) is 0 Å². The van der Waals surface area contributed by atoms with Gasteiger partial charge in [-0.3, -0.25) is 19.7 Å². The van der Waals surface area contributed by atoms with Gasteiger partial charge in [0, 0.05) is 26.0 Å². The minimum absolute atomic E-state index is 0.0793. The van der Waals surface area contributed by atoms with Crippen LogP contribution >= 0.6 is 11.3 Å². The van der Waals surface area contributed by atoms with Gasteiger partial charge in [0.05, 0.1) is 6.20 Å². The van der Waals surface area contributed by atoms with Crippen molar-refractivity contribution in [3.8, 4) is 10.7 Å². The molecule has 0 spiro atoms. The predicted molar refractivity (Wildman–Crippen MR) is 73.3 cm³/mol. The Balaban J connectivity index is 1.77. The zero-order valence-electron chi connectivity index (χ0n) is 10.9. The molecule has 104 valence electrons. The lowest BCUT2D eigenvalue weighted by molar-refractivity contribution is -0.127. The van der Waals surface area contributed by atoms with Crippen LogP contribution in [0.5, 0.6) is 0 Å². The molecule has 0 saturated carbocycles. The summed E-state index contributed by atoms with van der Waals surface area (Å²) in [6.07, 6.45) is 6.14. The molecule has 3 heterocycles. The number of likely N-dealkylation sites (N-methyl/N-ethyl adjacent to an activating group) is 1. The van der Waals surface area contributed by atoms with Crippen molar-refractivity contribution in [2.75, 3.05) is 18.6 Å². The second kappa shape index (κ2) is 5.59. The molecule has 2 aromatic heterocycles. The third-order valence-electron chi connectivity index (χ3n) is 3.02. The van der Waals surface area contributed by atoms with E-state index in [0.717, 1.165) is 12.8 Å². The molecule has 3 rings (SSSR count). The first-order valence-electron chi connectivity index (χ1n) is 6.25. The van der Waals surface area contributed by atoms with Crippen molar-refractivity contribution in [1.29, 1.82) is 0 Å². The number of carbonyl (C=O) groups is 1. The van der Waals surface area contributed by atoms with E-state index in [1.165, 1.54) is 16.2 Å². The van der Waals surface area contributed by atoms with Gasteiger partial charge in [-0.25, -0.2) is 0 Å². The van der Waals surface area contributed by atoms with Crippen LogP contribution in [0.1, 0.15) is 12.8 Å². The largest absolute Gasteiger partial charge is 0.368 e. The fraction of sp³-hybridized carbons (Fsp3) is 0.417. The van der Waals surface area contributed by atoms with E-state index in [-0.39, 0.29) is 12.0 Å². The van der Waals surface area contributed by atoms with Gasteiger partial charge in [0.25, 0.3) is 5.91 Å². The first kappa shape index (κ1) is 13.1. The molecule has 1 fully saturated rings. The maximum Gasteiger partial charge on any atom is 0.257 e. The predicted octanol–water partition coefficient (Wildman–Crippen LogP) is 1.14. The Hall–Kier alpha value is -1.93. The van der Waals surface area contributed by atoms with E-state index in [9.17, 15) is 4.79 Å². The van der Waals surface area contributed by atoms with Gasteiger partial charge < -0.3 is 4.74 Å². The number of nitrogens with zero attached hydrogens (tertiary/aromatic N) is 5. The molecular weight excluding hydrogens is 278 g/mol. The quantitative estimate of drug-likeness (QED) is 0.843. The molecule has 2 aromatic rings. The molecule has 1 amide bonds. The number of ether oxygens (including phenoxy) is 1. The molecule has 0 aliphatic carbocycles. The van der Waals surface area contributed by atoms with Crippen LogP contribution < -0.4 is 4.90 Å². The monoisotopic (exact) mass is 291 g/mol. The lowest BCUT2D eigenvalue weighted by Gasteiger charge is -2.16. The number of hydrogen-bond acceptors (Lipinski definition) is 7. The molecule has 0 N–H and O–H groups in total. The van der Waals surface area contributed by atoms with Crippen LogP contribution in [0.4, 0.5) is 5.13 Å². The Morgan fingerprint density at radius 2 is 2.35 bits per heavy atom. The van der Waals surface area contributed by atoms with Crippen molar-refractivity contribution in [1.82, 2.24) is 20.2 Å². The van der Waals surface area contributed by atoms with Gasteiger partial charge in [-0.1, -0.05) is 11.3 Å². The van der Waals surface area contributed by atoms with E-state index in [1.54, 1.807) is 25.6 Å². The van der Waals surface area contributed by atoms with Crippen LogP contribution in [0.2, 0.25) is 0 Å². The number of rotatable bonds is 3. The maximum atomic E-state index is 12.2. The Bertz CT molecular complexity index is 597. The molecule has 1 aliphatic rings. The van der Waals surface area contributed by atoms with Crippen LogP contribution in [0.3, 0.4) is 0 Å². The maximum absolute atomic E-state index is 12.2. The molecule has 0 aromatic carbocycles. The zero-order chi connectivity index (χ0) is 13.9. The summed E-state index contributed by atoms with van der Waals surface area (Å²) in [6.45, 7) is 0.644. The number of amides is 1. The summed E-state index contributed by atoms with van der Waals surface area (Å²) < 4.78 is 5.39. The van der Waals surface area contributed by atoms with Crippen LogP contribution in [0, 0.1) is 0 Å². The third kappa shape index (κ3) is 2.52. The molecule has 1 aliphatic heterocycles. The SMILES string of the molecule is CN(C(=O)[C@@H]1CCCO1)c1nnc(-c2cnccn2)s1. The molecular formula is C12H13N5O2S. The summed E-state index contributed by atoms with van der Waals surface area (Å²) in [5.41, 5.74) is 0.647. The Morgan fingerprint density at radius 1 is 1.45 bits per heavy atom. The fourth-order valence-corrected chi connectivity index (χ4v) is 2.72. The average Bonchev–Trinajstić information content (AvgIpc) is 3.18. The van der Waals surface area contributed by atoms with Crippen LogP contribution in [0.15, 0.2) is 18.6 Å². The highest BCUT2D eigenvalue weighted by molar-refractivity contribution is 7.18. The topological polar surface area (TPSA) is 81.1 Å². The number of aromatic nitrogens is 4. The lowest BCUT2D eigenvalue weighted by Crippen LogP contribution is -2.35. The van der Waals surface area contributed by atoms with E-state index in [0.29, 0.717) is 22.4 Å². The van der Waals surface area contributed by atoms with Crippen LogP contribution in [0.25, 0.3) is 10.7 Å². The minimum Gasteiger partial charge on any atom is -0.368 e. The third-order valence-corrected chi connectivity index (χ3v) is 4.04. The van der Waals surface area contributed by atoms with E-state index in [1.807, 2.05) is 0 Å². The number of hydrogen-bond donors (Lipinski definition) is 0. The molecule has 0 bridgehead atoms. The van der Waals surface area contributed by atoms with Gasteiger partial charge in [-0.15, -0.1) is 10.2 Å². The van der Waals surface area contributed by atoms with E-state index in [4.69, 9.17) is 4.74 Å². The van der Waals surface area contributed by atoms with Gasteiger partial charge in [0.2, 0.25) is 5.13 Å². The molecule has 1 atom stereocenters. The van der Waals surface area contributed by atoms with Crippen molar-refractivity contribution in [3.05, 3.63) is 18.6 Å². The first-order valence-corrected chi connectivity index (χ1v) is 7.06. The Kier molecular flexibility index (Phi) is 3.66. The highest BCUT2D eigenvalue weighted by Crippen LogP contribution is 2.27. The average molecular weight is 291 g/mol. The molecule has 20 heavy (non-hydrogen) atoms. The molecule has 8 heteroatoms. The Morgan fingerprint density at radius 3 is 3.05 bits per heavy atom. The van der Waals surface area contributed by atoms with Crippen molar-refractivity contribution in [3.63, 3.8) is 0 Å². The summed E-state index contributed by atoms with van der Waals surface area (Å²) in [7, 11) is 1.69. The van der Waals surface area contributed by atoms with Crippen LogP contribution in [-0.2, 0) is 9.53 Å². The molecule has 0 radical (unpaired) electrons. The van der Waals surface area contributed by atoms with Crippen molar-refractivity contribution in [2.45, 2.75) is 18.9 Å². The fourth-order valence-electron chi connectivity index (χ4n) is 1.95. The van der Waals surface area contributed by atoms with E-state index in [2.05, 4.69) is 20.2 Å². The summed E-state index contributed by atoms with van der Waals surface area (Å²) >= 11 is 1.31. The summed E-state index contributed by atoms with van der Waals surface area (Å²) in [6, 6.07) is 0. The normalized spacial score (nSPS) is 18.1. The van der Waals surface area contributed by atoms with Gasteiger partial charge in [-0.05, 0) is 12.8 Å². The highest BCUT2D eigenvalue weighted by Gasteiger charge is 2.28. The van der Waals surface area contributed by atoms with E-state index < -0.39 is 0 Å². The van der Waals surface area contributed by atoms with Crippen LogP contribution in [-0.4, -0.2) is 45.8 Å². The second-order valence-corrected chi connectivity index (χ2v) is 5.34. The van der Waals surface area contributed by atoms with Gasteiger partial charge in [0.1, 0.15) is 11.8 Å². The highest BCUT2D eigenvalue weighted by atomic mass is 32.1. The summed E-state index contributed by atoms with van der Waals surface area (Å²) in [5, 5.41) is 9.26. The zero-order valence-corrected chi connectivity index (χ0v) is 11.7. The second-order valence-electron chi connectivity index (χ2n) is 4.38. The van der Waals surface area contributed by atoms with Crippen molar-refractivity contribution >= 4 is 22.4 Å². The summed E-state index contributed by atoms with van der Waals surface area (Å²) in [5.74, 6) is -0.0793. The smallest absolute Gasteiger partial charge is 0.257 e. The summed E-state index contributed by atoms with van der Waals surface area (Å²) in [4.78, 5) is 21.8. The van der Waals surface area contributed by atoms with Gasteiger partial charge in [0.15, 0.2) is 5.01 Å². The van der Waals surface area contributed by atoms with Gasteiger partial charge >= 0.3 is 0 Å².